The van der Waals surface area contributed by atoms with E-state index in [1.807, 2.05) is 48.5 Å². The highest BCUT2D eigenvalue weighted by molar-refractivity contribution is 5.49. The minimum absolute atomic E-state index is 0.566. The van der Waals surface area contributed by atoms with E-state index in [-0.39, 0.29) is 0 Å². The fourth-order valence-electron chi connectivity index (χ4n) is 3.31. The van der Waals surface area contributed by atoms with E-state index in [9.17, 15) is 5.11 Å². The Bertz CT molecular complexity index is 663. The molecule has 0 saturated carbocycles. The van der Waals surface area contributed by atoms with Crippen molar-refractivity contribution in [1.82, 2.24) is 5.32 Å². The van der Waals surface area contributed by atoms with Gasteiger partial charge in [-0.25, -0.2) is 0 Å². The van der Waals surface area contributed by atoms with Gasteiger partial charge in [0.15, 0.2) is 0 Å². The van der Waals surface area contributed by atoms with E-state index in [0.29, 0.717) is 13.2 Å². The van der Waals surface area contributed by atoms with E-state index in [1.165, 1.54) is 0 Å². The fourth-order valence-corrected chi connectivity index (χ4v) is 3.31. The van der Waals surface area contributed by atoms with Crippen LogP contribution < -0.4 is 10.1 Å². The zero-order chi connectivity index (χ0) is 16.3. The van der Waals surface area contributed by atoms with Crippen LogP contribution in [0.3, 0.4) is 0 Å². The van der Waals surface area contributed by atoms with Crippen molar-refractivity contribution in [2.24, 2.45) is 0 Å². The van der Waals surface area contributed by atoms with Crippen LogP contribution in [0.15, 0.2) is 48.5 Å². The third-order valence-corrected chi connectivity index (χ3v) is 4.39. The molecule has 2 aromatic rings. The Morgan fingerprint density at radius 1 is 1.13 bits per heavy atom. The predicted molar refractivity (Wildman–Crippen MR) is 89.7 cm³/mol. The van der Waals surface area contributed by atoms with E-state index < -0.39 is 11.7 Å². The molecule has 2 N–H and O–H groups in total. The Morgan fingerprint density at radius 3 is 2.48 bits per heavy atom. The molecule has 4 nitrogen and oxygen atoms in total. The minimum Gasteiger partial charge on any atom is -0.496 e. The molecule has 4 heteroatoms. The topological polar surface area (TPSA) is 50.7 Å². The number of hydrogen-bond donors (Lipinski definition) is 2. The standard InChI is InChI=1S/C19H23NO3/c1-14(21)15-7-3-4-8-16(15)19(13-20-11-12-23-19)17-9-5-6-10-18(17)22-2/h3-10,14,20-21H,11-13H2,1-2H3. The Kier molecular flexibility index (Phi) is 4.66. The lowest BCUT2D eigenvalue weighted by Gasteiger charge is -2.40. The smallest absolute Gasteiger partial charge is 0.134 e. The molecule has 3 rings (SSSR count). The van der Waals surface area contributed by atoms with Gasteiger partial charge in [-0.05, 0) is 24.1 Å². The van der Waals surface area contributed by atoms with Gasteiger partial charge in [0, 0.05) is 18.7 Å². The van der Waals surface area contributed by atoms with Crippen LogP contribution in [0, 0.1) is 0 Å². The number of nitrogens with one attached hydrogen (secondary N) is 1. The lowest BCUT2D eigenvalue weighted by Crippen LogP contribution is -2.49. The number of morpholine rings is 1. The van der Waals surface area contributed by atoms with E-state index in [4.69, 9.17) is 9.47 Å². The minimum atomic E-state index is -0.668. The molecule has 0 spiro atoms. The van der Waals surface area contributed by atoms with Crippen molar-refractivity contribution in [1.29, 1.82) is 0 Å². The fraction of sp³-hybridized carbons (Fsp3) is 0.368. The highest BCUT2D eigenvalue weighted by Crippen LogP contribution is 2.42. The number of aliphatic hydroxyl groups is 1. The van der Waals surface area contributed by atoms with Gasteiger partial charge in [-0.15, -0.1) is 0 Å². The van der Waals surface area contributed by atoms with Crippen LogP contribution >= 0.6 is 0 Å². The highest BCUT2D eigenvalue weighted by Gasteiger charge is 2.41. The third kappa shape index (κ3) is 2.85. The summed E-state index contributed by atoms with van der Waals surface area (Å²) in [6.45, 7) is 3.84. The van der Waals surface area contributed by atoms with Gasteiger partial charge in [-0.3, -0.25) is 0 Å². The molecular formula is C19H23NO3. The van der Waals surface area contributed by atoms with Gasteiger partial charge >= 0.3 is 0 Å². The summed E-state index contributed by atoms with van der Waals surface area (Å²) >= 11 is 0. The van der Waals surface area contributed by atoms with Crippen LogP contribution in [0.25, 0.3) is 0 Å². The molecule has 2 aromatic carbocycles. The normalized spacial score (nSPS) is 22.6. The first-order valence-corrected chi connectivity index (χ1v) is 7.94. The maximum absolute atomic E-state index is 10.2. The first-order valence-electron chi connectivity index (χ1n) is 7.94. The second-order valence-corrected chi connectivity index (χ2v) is 5.82. The molecule has 0 bridgehead atoms. The maximum atomic E-state index is 10.2. The molecule has 1 saturated heterocycles. The molecule has 23 heavy (non-hydrogen) atoms. The SMILES string of the molecule is COc1ccccc1C1(c2ccccc2C(C)O)CNCCO1. The molecule has 0 aliphatic carbocycles. The third-order valence-electron chi connectivity index (χ3n) is 4.39. The van der Waals surface area contributed by atoms with E-state index in [1.54, 1.807) is 14.0 Å². The summed E-state index contributed by atoms with van der Waals surface area (Å²) in [6, 6.07) is 15.8. The molecule has 2 atom stereocenters. The average molecular weight is 313 g/mol. The Morgan fingerprint density at radius 2 is 1.83 bits per heavy atom. The zero-order valence-corrected chi connectivity index (χ0v) is 13.6. The number of benzene rings is 2. The zero-order valence-electron chi connectivity index (χ0n) is 13.6. The van der Waals surface area contributed by atoms with Crippen molar-refractivity contribution in [2.75, 3.05) is 26.8 Å². The number of aliphatic hydroxyl groups excluding tert-OH is 1. The average Bonchev–Trinajstić information content (AvgIpc) is 2.62. The van der Waals surface area contributed by atoms with Gasteiger partial charge in [0.2, 0.25) is 0 Å². The largest absolute Gasteiger partial charge is 0.496 e. The lowest BCUT2D eigenvalue weighted by atomic mass is 9.81. The first-order chi connectivity index (χ1) is 11.2. The predicted octanol–water partition coefficient (Wildman–Crippen LogP) is 2.61. The molecule has 122 valence electrons. The molecule has 1 heterocycles. The number of methoxy groups -OCH3 is 1. The van der Waals surface area contributed by atoms with Gasteiger partial charge in [-0.2, -0.15) is 0 Å². The van der Waals surface area contributed by atoms with Crippen molar-refractivity contribution in [2.45, 2.75) is 18.6 Å². The summed E-state index contributed by atoms with van der Waals surface area (Å²) in [5, 5.41) is 13.6. The van der Waals surface area contributed by atoms with Crippen molar-refractivity contribution in [3.05, 3.63) is 65.2 Å². The summed E-state index contributed by atoms with van der Waals surface area (Å²) < 4.78 is 11.9. The van der Waals surface area contributed by atoms with E-state index in [0.717, 1.165) is 29.0 Å². The van der Waals surface area contributed by atoms with Crippen LogP contribution in [0.2, 0.25) is 0 Å². The first kappa shape index (κ1) is 16.0. The summed E-state index contributed by atoms with van der Waals surface area (Å²) in [6.07, 6.45) is -0.566. The second kappa shape index (κ2) is 6.71. The number of para-hydroxylation sites is 1. The highest BCUT2D eigenvalue weighted by atomic mass is 16.5. The molecular weight excluding hydrogens is 290 g/mol. The van der Waals surface area contributed by atoms with Crippen LogP contribution in [0.4, 0.5) is 0 Å². The van der Waals surface area contributed by atoms with Crippen LogP contribution in [0.1, 0.15) is 29.7 Å². The van der Waals surface area contributed by atoms with Gasteiger partial charge in [0.05, 0.1) is 19.8 Å². The second-order valence-electron chi connectivity index (χ2n) is 5.82. The van der Waals surface area contributed by atoms with Gasteiger partial charge in [0.1, 0.15) is 11.4 Å². The van der Waals surface area contributed by atoms with Crippen LogP contribution in [0.5, 0.6) is 5.75 Å². The van der Waals surface area contributed by atoms with Crippen LogP contribution in [-0.4, -0.2) is 31.9 Å². The van der Waals surface area contributed by atoms with Gasteiger partial charge in [0.25, 0.3) is 0 Å². The van der Waals surface area contributed by atoms with Crippen molar-refractivity contribution < 1.29 is 14.6 Å². The van der Waals surface area contributed by atoms with Crippen molar-refractivity contribution >= 4 is 0 Å². The Labute approximate surface area is 137 Å². The van der Waals surface area contributed by atoms with Crippen molar-refractivity contribution in [3.8, 4) is 5.75 Å². The Balaban J connectivity index is 2.23. The van der Waals surface area contributed by atoms with Gasteiger partial charge in [-0.1, -0.05) is 42.5 Å². The van der Waals surface area contributed by atoms with E-state index >= 15 is 0 Å². The maximum Gasteiger partial charge on any atom is 0.134 e. The molecule has 0 aromatic heterocycles. The number of rotatable bonds is 4. The Hall–Kier alpha value is -1.88. The quantitative estimate of drug-likeness (QED) is 0.911. The van der Waals surface area contributed by atoms with Crippen molar-refractivity contribution in [3.63, 3.8) is 0 Å². The summed E-state index contributed by atoms with van der Waals surface area (Å²) in [4.78, 5) is 0. The molecule has 1 fully saturated rings. The van der Waals surface area contributed by atoms with Gasteiger partial charge < -0.3 is 19.9 Å². The summed E-state index contributed by atoms with van der Waals surface area (Å²) in [5.74, 6) is 0.789. The molecule has 0 radical (unpaired) electrons. The summed E-state index contributed by atoms with van der Waals surface area (Å²) in [7, 11) is 1.67. The monoisotopic (exact) mass is 313 g/mol. The lowest BCUT2D eigenvalue weighted by molar-refractivity contribution is -0.0432. The number of hydrogen-bond acceptors (Lipinski definition) is 4. The van der Waals surface area contributed by atoms with Crippen LogP contribution in [-0.2, 0) is 10.3 Å². The molecule has 0 amide bonds. The molecule has 1 aliphatic rings. The molecule has 2 unspecified atom stereocenters. The molecule has 1 aliphatic heterocycles. The summed E-state index contributed by atoms with van der Waals surface area (Å²) in [5.41, 5.74) is 2.16. The number of ether oxygens (including phenoxy) is 2. The van der Waals surface area contributed by atoms with E-state index in [2.05, 4.69) is 5.32 Å².